The van der Waals surface area contributed by atoms with E-state index in [-0.39, 0.29) is 6.04 Å². The van der Waals surface area contributed by atoms with E-state index >= 15 is 0 Å². The Hall–Kier alpha value is -0.460. The van der Waals surface area contributed by atoms with Crippen molar-refractivity contribution < 1.29 is 0 Å². The van der Waals surface area contributed by atoms with E-state index in [1.807, 2.05) is 25.1 Å². The molecule has 6 heteroatoms. The Morgan fingerprint density at radius 2 is 2.25 bits per heavy atom. The van der Waals surface area contributed by atoms with Crippen LogP contribution in [0.25, 0.3) is 0 Å². The molecule has 0 radical (unpaired) electrons. The first-order valence-corrected chi connectivity index (χ1v) is 8.32. The van der Waals surface area contributed by atoms with Gasteiger partial charge in [0.25, 0.3) is 0 Å². The summed E-state index contributed by atoms with van der Waals surface area (Å²) in [5.74, 6) is 0. The molecule has 0 saturated heterocycles. The fourth-order valence-electron chi connectivity index (χ4n) is 2.14. The smallest absolute Gasteiger partial charge is 0.0897 e. The fraction of sp³-hybridized carbons (Fsp3) is 0.357. The molecule has 1 aromatic heterocycles. The van der Waals surface area contributed by atoms with Crippen molar-refractivity contribution in [1.29, 1.82) is 0 Å². The second-order valence-electron chi connectivity index (χ2n) is 4.70. The monoisotopic (exact) mass is 373 g/mol. The van der Waals surface area contributed by atoms with Crippen LogP contribution in [0.15, 0.2) is 28.1 Å². The molecular weight excluding hydrogens is 358 g/mol. The van der Waals surface area contributed by atoms with Crippen LogP contribution in [-0.4, -0.2) is 23.5 Å². The summed E-state index contributed by atoms with van der Waals surface area (Å²) < 4.78 is 0.896. The SMILES string of the molecule is Cc1nc(CN(C)C(CN)c2ccc(Cl)c(Br)c2)cs1. The molecule has 2 aromatic rings. The molecule has 1 aromatic carbocycles. The fourth-order valence-corrected chi connectivity index (χ4v) is 3.25. The van der Waals surface area contributed by atoms with Crippen LogP contribution in [0.4, 0.5) is 0 Å². The topological polar surface area (TPSA) is 42.2 Å². The first-order chi connectivity index (χ1) is 9.51. The molecule has 0 amide bonds. The lowest BCUT2D eigenvalue weighted by atomic mass is 10.1. The minimum Gasteiger partial charge on any atom is -0.329 e. The van der Waals surface area contributed by atoms with Crippen molar-refractivity contribution in [1.82, 2.24) is 9.88 Å². The van der Waals surface area contributed by atoms with Crippen LogP contribution in [0, 0.1) is 6.92 Å². The highest BCUT2D eigenvalue weighted by molar-refractivity contribution is 9.10. The van der Waals surface area contributed by atoms with Crippen molar-refractivity contribution in [2.75, 3.05) is 13.6 Å². The number of likely N-dealkylation sites (N-methyl/N-ethyl adjacent to an activating group) is 1. The molecule has 0 spiro atoms. The van der Waals surface area contributed by atoms with E-state index in [1.54, 1.807) is 11.3 Å². The number of hydrogen-bond donors (Lipinski definition) is 1. The molecule has 0 aliphatic carbocycles. The molecule has 2 rings (SSSR count). The number of aromatic nitrogens is 1. The largest absolute Gasteiger partial charge is 0.329 e. The Labute approximate surface area is 136 Å². The number of halogens is 2. The number of hydrogen-bond acceptors (Lipinski definition) is 4. The van der Waals surface area contributed by atoms with Gasteiger partial charge in [-0.2, -0.15) is 0 Å². The lowest BCUT2D eigenvalue weighted by Gasteiger charge is -2.27. The molecule has 0 aliphatic rings. The predicted molar refractivity (Wildman–Crippen MR) is 89.3 cm³/mol. The van der Waals surface area contributed by atoms with E-state index in [2.05, 4.69) is 38.2 Å². The Morgan fingerprint density at radius 3 is 2.80 bits per heavy atom. The van der Waals surface area contributed by atoms with E-state index in [0.717, 1.165) is 27.3 Å². The van der Waals surface area contributed by atoms with E-state index in [9.17, 15) is 0 Å². The Bertz CT molecular complexity index is 588. The summed E-state index contributed by atoms with van der Waals surface area (Å²) in [6, 6.07) is 6.09. The Kier molecular flexibility index (Phi) is 5.57. The maximum absolute atomic E-state index is 6.04. The summed E-state index contributed by atoms with van der Waals surface area (Å²) in [6.07, 6.45) is 0. The molecule has 0 fully saturated rings. The van der Waals surface area contributed by atoms with Crippen LogP contribution in [0.3, 0.4) is 0 Å². The van der Waals surface area contributed by atoms with Crippen LogP contribution in [0.1, 0.15) is 22.3 Å². The van der Waals surface area contributed by atoms with Gasteiger partial charge in [0.15, 0.2) is 0 Å². The molecule has 1 unspecified atom stereocenters. The van der Waals surface area contributed by atoms with Crippen molar-refractivity contribution in [3.05, 3.63) is 49.3 Å². The van der Waals surface area contributed by atoms with E-state index in [0.29, 0.717) is 11.6 Å². The highest BCUT2D eigenvalue weighted by Crippen LogP contribution is 2.28. The maximum Gasteiger partial charge on any atom is 0.0897 e. The van der Waals surface area contributed by atoms with Crippen LogP contribution in [-0.2, 0) is 6.54 Å². The highest BCUT2D eigenvalue weighted by atomic mass is 79.9. The van der Waals surface area contributed by atoms with Gasteiger partial charge >= 0.3 is 0 Å². The molecule has 108 valence electrons. The quantitative estimate of drug-likeness (QED) is 0.860. The van der Waals surface area contributed by atoms with E-state index in [1.165, 1.54) is 0 Å². The van der Waals surface area contributed by atoms with E-state index in [4.69, 9.17) is 17.3 Å². The van der Waals surface area contributed by atoms with Gasteiger partial charge in [-0.05, 0) is 47.6 Å². The number of rotatable bonds is 5. The van der Waals surface area contributed by atoms with Gasteiger partial charge < -0.3 is 5.73 Å². The summed E-state index contributed by atoms with van der Waals surface area (Å²) in [4.78, 5) is 6.71. The van der Waals surface area contributed by atoms with Gasteiger partial charge in [0.05, 0.1) is 15.7 Å². The molecule has 1 atom stereocenters. The van der Waals surface area contributed by atoms with Crippen molar-refractivity contribution in [2.24, 2.45) is 5.73 Å². The van der Waals surface area contributed by atoms with Gasteiger partial charge in [0.1, 0.15) is 0 Å². The van der Waals surface area contributed by atoms with E-state index < -0.39 is 0 Å². The lowest BCUT2D eigenvalue weighted by Crippen LogP contribution is -2.30. The van der Waals surface area contributed by atoms with Crippen LogP contribution in [0.2, 0.25) is 5.02 Å². The predicted octanol–water partition coefficient (Wildman–Crippen LogP) is 4.00. The average Bonchev–Trinajstić information content (AvgIpc) is 2.80. The average molecular weight is 375 g/mol. The third-order valence-corrected chi connectivity index (χ3v) is 5.20. The summed E-state index contributed by atoms with van der Waals surface area (Å²) in [5.41, 5.74) is 8.18. The first-order valence-electron chi connectivity index (χ1n) is 6.27. The minimum atomic E-state index is 0.144. The number of nitrogens with two attached hydrogens (primary N) is 1. The zero-order valence-corrected chi connectivity index (χ0v) is 14.6. The summed E-state index contributed by atoms with van der Waals surface area (Å²) in [5, 5.41) is 3.89. The molecule has 20 heavy (non-hydrogen) atoms. The standard InChI is InChI=1S/C14H17BrClN3S/c1-9-18-11(8-20-9)7-19(2)14(6-17)10-3-4-13(16)12(15)5-10/h3-5,8,14H,6-7,17H2,1-2H3. The lowest BCUT2D eigenvalue weighted by molar-refractivity contribution is 0.239. The number of thiazole rings is 1. The second-order valence-corrected chi connectivity index (χ2v) is 7.02. The number of aryl methyl sites for hydroxylation is 1. The van der Waals surface area contributed by atoms with Crippen molar-refractivity contribution in [3.63, 3.8) is 0 Å². The zero-order valence-electron chi connectivity index (χ0n) is 11.4. The third kappa shape index (κ3) is 3.80. The summed E-state index contributed by atoms with van der Waals surface area (Å²) in [6.45, 7) is 3.35. The van der Waals surface area contributed by atoms with Crippen molar-refractivity contribution >= 4 is 38.9 Å². The third-order valence-electron chi connectivity index (χ3n) is 3.16. The maximum atomic E-state index is 6.04. The van der Waals surface area contributed by atoms with Gasteiger partial charge in [-0.3, -0.25) is 4.90 Å². The normalized spacial score (nSPS) is 12.9. The van der Waals surface area contributed by atoms with Crippen LogP contribution >= 0.6 is 38.9 Å². The Balaban J connectivity index is 2.16. The van der Waals surface area contributed by atoms with Crippen molar-refractivity contribution in [2.45, 2.75) is 19.5 Å². The van der Waals surface area contributed by atoms with Crippen molar-refractivity contribution in [3.8, 4) is 0 Å². The molecular formula is C14H17BrClN3S. The molecule has 1 heterocycles. The number of nitrogens with zero attached hydrogens (tertiary/aromatic N) is 2. The molecule has 0 bridgehead atoms. The summed E-state index contributed by atoms with van der Waals surface area (Å²) >= 11 is 11.2. The van der Waals surface area contributed by atoms with Gasteiger partial charge in [0.2, 0.25) is 0 Å². The van der Waals surface area contributed by atoms with Gasteiger partial charge in [-0.25, -0.2) is 4.98 Å². The van der Waals surface area contributed by atoms with Crippen LogP contribution < -0.4 is 5.73 Å². The zero-order chi connectivity index (χ0) is 14.7. The summed E-state index contributed by atoms with van der Waals surface area (Å²) in [7, 11) is 2.06. The van der Waals surface area contributed by atoms with Crippen LogP contribution in [0.5, 0.6) is 0 Å². The van der Waals surface area contributed by atoms with Gasteiger partial charge in [-0.1, -0.05) is 17.7 Å². The molecule has 0 aliphatic heterocycles. The molecule has 3 nitrogen and oxygen atoms in total. The molecule has 0 saturated carbocycles. The second kappa shape index (κ2) is 7.00. The number of benzene rings is 1. The Morgan fingerprint density at radius 1 is 1.50 bits per heavy atom. The minimum absolute atomic E-state index is 0.144. The molecule has 2 N–H and O–H groups in total. The van der Waals surface area contributed by atoms with Gasteiger partial charge in [0, 0.05) is 29.0 Å². The van der Waals surface area contributed by atoms with Gasteiger partial charge in [-0.15, -0.1) is 11.3 Å². The highest BCUT2D eigenvalue weighted by Gasteiger charge is 2.17. The first kappa shape index (κ1) is 15.9.